The summed E-state index contributed by atoms with van der Waals surface area (Å²) in [5, 5.41) is 19.8. The largest absolute Gasteiger partial charge is 0.480 e. The van der Waals surface area contributed by atoms with Gasteiger partial charge in [-0.25, -0.2) is 4.79 Å². The van der Waals surface area contributed by atoms with Crippen molar-refractivity contribution in [3.05, 3.63) is 0 Å². The highest BCUT2D eigenvalue weighted by molar-refractivity contribution is 7.97. The second-order valence-electron chi connectivity index (χ2n) is 11.0. The summed E-state index contributed by atoms with van der Waals surface area (Å²) in [7, 11) is 1.89. The zero-order valence-electron chi connectivity index (χ0n) is 27.5. The molecule has 1 unspecified atom stereocenters. The van der Waals surface area contributed by atoms with Gasteiger partial charge in [-0.1, -0.05) is 11.9 Å². The Morgan fingerprint density at radius 3 is 1.59 bits per heavy atom. The highest BCUT2D eigenvalue weighted by Gasteiger charge is 2.23. The van der Waals surface area contributed by atoms with E-state index in [0.717, 1.165) is 18.5 Å². The fourth-order valence-electron chi connectivity index (χ4n) is 3.37. The Hall–Kier alpha value is -1.11. The van der Waals surface area contributed by atoms with Crippen LogP contribution >= 0.6 is 11.9 Å². The number of carboxylic acids is 1. The quantitative estimate of drug-likeness (QED) is 0.0585. The summed E-state index contributed by atoms with van der Waals surface area (Å²) in [4.78, 5) is 23.0. The lowest BCUT2D eigenvalue weighted by Crippen LogP contribution is -2.43. The maximum absolute atomic E-state index is 11.9. The molecular weight excluding hydrogens is 598 g/mol. The molecule has 0 rings (SSSR count). The van der Waals surface area contributed by atoms with Crippen LogP contribution < -0.4 is 15.8 Å². The summed E-state index contributed by atoms with van der Waals surface area (Å²) in [6.07, 6.45) is 1.42. The molecule has 0 aromatic carbocycles. The van der Waals surface area contributed by atoms with E-state index in [9.17, 15) is 9.59 Å². The maximum atomic E-state index is 11.9. The van der Waals surface area contributed by atoms with Crippen LogP contribution in [0.3, 0.4) is 0 Å². The van der Waals surface area contributed by atoms with Crippen LogP contribution in [0.4, 0.5) is 0 Å². The smallest absolute Gasteiger partial charge is 0.327 e. The van der Waals surface area contributed by atoms with Gasteiger partial charge in [0, 0.05) is 25.3 Å². The number of carboxylic acid groups (broad SMARTS) is 1. The molecule has 0 saturated carbocycles. The van der Waals surface area contributed by atoms with Crippen LogP contribution in [-0.2, 0) is 47.5 Å². The number of hydrogen-bond donors (Lipinski definition) is 4. The van der Waals surface area contributed by atoms with E-state index in [-0.39, 0.29) is 30.3 Å². The number of likely N-dealkylation sites (N-methyl/N-ethyl adjacent to an activating group) is 1. The van der Waals surface area contributed by atoms with E-state index in [0.29, 0.717) is 98.7 Å². The number of aliphatic carboxylic acids is 1. The van der Waals surface area contributed by atoms with Crippen molar-refractivity contribution in [3.63, 3.8) is 0 Å². The fourth-order valence-corrected chi connectivity index (χ4v) is 3.79. The Morgan fingerprint density at radius 1 is 0.682 bits per heavy atom. The molecule has 0 fully saturated rings. The molecule has 0 aromatic heterocycles. The molecule has 1 atom stereocenters. The van der Waals surface area contributed by atoms with E-state index >= 15 is 0 Å². The molecule has 5 N–H and O–H groups in total. The van der Waals surface area contributed by atoms with Crippen LogP contribution in [0.5, 0.6) is 0 Å². The van der Waals surface area contributed by atoms with Crippen molar-refractivity contribution in [3.8, 4) is 0 Å². The summed E-state index contributed by atoms with van der Waals surface area (Å²) in [5.74, 6) is -1.41. The molecular formula is C29H59N3O11S. The van der Waals surface area contributed by atoms with Gasteiger partial charge in [-0.15, -0.1) is 0 Å². The number of carbonyl (C=O) groups excluding carboxylic acids is 1. The number of ether oxygens (including phenoxy) is 8. The van der Waals surface area contributed by atoms with Crippen molar-refractivity contribution < 1.29 is 52.6 Å². The first-order chi connectivity index (χ1) is 21.0. The molecule has 0 aliphatic rings. The van der Waals surface area contributed by atoms with Crippen molar-refractivity contribution in [2.75, 3.05) is 112 Å². The number of amides is 1. The van der Waals surface area contributed by atoms with Crippen molar-refractivity contribution in [2.45, 2.75) is 64.2 Å². The molecule has 0 heterocycles. The SMILES string of the molecule is CNCCOCCOCCOCCOCCOCCOC(C)(C)CCOC(C)(C)CCOCCC(=O)NC(CSN)C(=O)O. The third kappa shape index (κ3) is 28.4. The third-order valence-electron chi connectivity index (χ3n) is 6.12. The number of rotatable bonds is 33. The molecule has 1 amide bonds. The van der Waals surface area contributed by atoms with Gasteiger partial charge in [-0.05, 0) is 47.6 Å². The van der Waals surface area contributed by atoms with Crippen molar-refractivity contribution in [1.29, 1.82) is 0 Å². The second-order valence-corrected chi connectivity index (χ2v) is 11.7. The van der Waals surface area contributed by atoms with Crippen LogP contribution in [-0.4, -0.2) is 146 Å². The minimum Gasteiger partial charge on any atom is -0.480 e. The van der Waals surface area contributed by atoms with Crippen LogP contribution in [0.25, 0.3) is 0 Å². The van der Waals surface area contributed by atoms with Crippen molar-refractivity contribution >= 4 is 23.8 Å². The first-order valence-corrected chi connectivity index (χ1v) is 16.3. The molecule has 44 heavy (non-hydrogen) atoms. The van der Waals surface area contributed by atoms with E-state index in [4.69, 9.17) is 48.1 Å². The average Bonchev–Trinajstić information content (AvgIpc) is 2.95. The summed E-state index contributed by atoms with van der Waals surface area (Å²) in [5.41, 5.74) is -0.773. The first kappa shape index (κ1) is 42.9. The van der Waals surface area contributed by atoms with Gasteiger partial charge in [0.25, 0.3) is 0 Å². The minimum atomic E-state index is -1.12. The van der Waals surface area contributed by atoms with Gasteiger partial charge in [0.2, 0.25) is 5.91 Å². The highest BCUT2D eigenvalue weighted by Crippen LogP contribution is 2.19. The summed E-state index contributed by atoms with van der Waals surface area (Å²) in [6, 6.07) is -1.01. The lowest BCUT2D eigenvalue weighted by molar-refractivity contribution is -0.141. The number of nitrogens with one attached hydrogen (secondary N) is 2. The van der Waals surface area contributed by atoms with Crippen molar-refractivity contribution in [2.24, 2.45) is 5.14 Å². The number of carbonyl (C=O) groups is 2. The number of nitrogens with two attached hydrogens (primary N) is 1. The Bertz CT molecular complexity index is 705. The van der Waals surface area contributed by atoms with Gasteiger partial charge in [-0.3, -0.25) is 9.93 Å². The van der Waals surface area contributed by atoms with E-state index in [1.807, 2.05) is 34.7 Å². The van der Waals surface area contributed by atoms with Gasteiger partial charge >= 0.3 is 5.97 Å². The Morgan fingerprint density at radius 2 is 1.11 bits per heavy atom. The van der Waals surface area contributed by atoms with Crippen LogP contribution in [0, 0.1) is 0 Å². The fraction of sp³-hybridized carbons (Fsp3) is 0.931. The number of hydrogen-bond acceptors (Lipinski definition) is 13. The molecule has 0 radical (unpaired) electrons. The Labute approximate surface area is 268 Å². The molecule has 0 bridgehead atoms. The molecule has 262 valence electrons. The lowest BCUT2D eigenvalue weighted by atomic mass is 10.0. The minimum absolute atomic E-state index is 0.0724. The van der Waals surface area contributed by atoms with E-state index in [1.54, 1.807) is 0 Å². The van der Waals surface area contributed by atoms with Gasteiger partial charge in [0.1, 0.15) is 6.04 Å². The van der Waals surface area contributed by atoms with Crippen LogP contribution in [0.1, 0.15) is 47.0 Å². The van der Waals surface area contributed by atoms with Gasteiger partial charge in [0.15, 0.2) is 0 Å². The van der Waals surface area contributed by atoms with Crippen LogP contribution in [0.2, 0.25) is 0 Å². The predicted octanol–water partition coefficient (Wildman–Crippen LogP) is 1.24. The zero-order chi connectivity index (χ0) is 32.9. The Kier molecular flexibility index (Phi) is 27.4. The van der Waals surface area contributed by atoms with Crippen LogP contribution in [0.15, 0.2) is 0 Å². The molecule has 0 saturated heterocycles. The summed E-state index contributed by atoms with van der Waals surface area (Å²) >= 11 is 0.868. The van der Waals surface area contributed by atoms with E-state index in [2.05, 4.69) is 10.6 Å². The predicted molar refractivity (Wildman–Crippen MR) is 169 cm³/mol. The van der Waals surface area contributed by atoms with E-state index in [1.165, 1.54) is 0 Å². The molecule has 0 aliphatic carbocycles. The average molecular weight is 658 g/mol. The summed E-state index contributed by atoms with van der Waals surface area (Å²) in [6.45, 7) is 15.8. The molecule has 0 aromatic rings. The Balaban J connectivity index is 3.67. The lowest BCUT2D eigenvalue weighted by Gasteiger charge is -2.29. The van der Waals surface area contributed by atoms with Gasteiger partial charge < -0.3 is 53.6 Å². The second kappa shape index (κ2) is 28.1. The molecule has 0 spiro atoms. The zero-order valence-corrected chi connectivity index (χ0v) is 28.3. The maximum Gasteiger partial charge on any atom is 0.327 e. The highest BCUT2D eigenvalue weighted by atomic mass is 32.2. The van der Waals surface area contributed by atoms with E-state index < -0.39 is 17.6 Å². The molecule has 14 nitrogen and oxygen atoms in total. The topological polar surface area (TPSA) is 178 Å². The normalized spacial score (nSPS) is 12.9. The molecule has 0 aliphatic heterocycles. The van der Waals surface area contributed by atoms with Gasteiger partial charge in [-0.2, -0.15) is 0 Å². The van der Waals surface area contributed by atoms with Gasteiger partial charge in [0.05, 0.1) is 97.1 Å². The first-order valence-electron chi connectivity index (χ1n) is 15.3. The summed E-state index contributed by atoms with van der Waals surface area (Å²) < 4.78 is 44.9. The third-order valence-corrected chi connectivity index (χ3v) is 6.65. The standard InChI is InChI=1S/C29H59N3O11S/c1-28(2,7-11-36-10-6-26(33)32-25(24-44-30)27(34)35)42-12-8-29(3,4)43-23-22-41-21-20-40-19-18-39-17-16-38-15-14-37-13-9-31-5/h25,31H,6-24,30H2,1-5H3,(H,32,33)(H,34,35). The van der Waals surface area contributed by atoms with Crippen molar-refractivity contribution in [1.82, 2.24) is 10.6 Å². The molecule has 15 heteroatoms. The monoisotopic (exact) mass is 657 g/mol.